The van der Waals surface area contributed by atoms with E-state index in [4.69, 9.17) is 5.11 Å². The molecule has 0 aromatic heterocycles. The summed E-state index contributed by atoms with van der Waals surface area (Å²) in [7, 11) is 0. The summed E-state index contributed by atoms with van der Waals surface area (Å²) >= 11 is 0. The van der Waals surface area contributed by atoms with Gasteiger partial charge in [-0.3, -0.25) is 4.79 Å². The van der Waals surface area contributed by atoms with E-state index in [9.17, 15) is 9.59 Å². The molecular weight excluding hydrogens is 232 g/mol. The van der Waals surface area contributed by atoms with E-state index in [2.05, 4.69) is 12.2 Å². The molecule has 3 atom stereocenters. The highest BCUT2D eigenvalue weighted by atomic mass is 16.4. The summed E-state index contributed by atoms with van der Waals surface area (Å²) in [4.78, 5) is 24.3. The van der Waals surface area contributed by atoms with Gasteiger partial charge in [-0.1, -0.05) is 13.8 Å². The van der Waals surface area contributed by atoms with Crippen molar-refractivity contribution >= 4 is 12.0 Å². The Labute approximate surface area is 109 Å². The van der Waals surface area contributed by atoms with E-state index in [0.29, 0.717) is 5.92 Å². The molecule has 104 valence electrons. The van der Waals surface area contributed by atoms with E-state index in [1.165, 1.54) is 4.90 Å². The fourth-order valence-corrected chi connectivity index (χ4v) is 2.39. The van der Waals surface area contributed by atoms with Crippen molar-refractivity contribution in [3.05, 3.63) is 0 Å². The molecule has 5 nitrogen and oxygen atoms in total. The molecule has 1 aliphatic carbocycles. The minimum Gasteiger partial charge on any atom is -0.480 e. The molecule has 0 heterocycles. The van der Waals surface area contributed by atoms with E-state index < -0.39 is 5.97 Å². The molecule has 0 aliphatic heterocycles. The van der Waals surface area contributed by atoms with Crippen LogP contribution in [0.1, 0.15) is 46.5 Å². The van der Waals surface area contributed by atoms with Crippen LogP contribution in [0, 0.1) is 5.92 Å². The number of hydrogen-bond donors (Lipinski definition) is 2. The Hall–Kier alpha value is -1.26. The van der Waals surface area contributed by atoms with Gasteiger partial charge < -0.3 is 15.3 Å². The van der Waals surface area contributed by atoms with Crippen molar-refractivity contribution in [1.82, 2.24) is 10.2 Å². The first-order valence-electron chi connectivity index (χ1n) is 6.73. The minimum absolute atomic E-state index is 0.0556. The van der Waals surface area contributed by atoms with Crippen molar-refractivity contribution in [2.24, 2.45) is 5.92 Å². The molecule has 1 saturated carbocycles. The van der Waals surface area contributed by atoms with Crippen LogP contribution in [0.2, 0.25) is 0 Å². The molecule has 2 amide bonds. The van der Waals surface area contributed by atoms with Crippen LogP contribution in [0.5, 0.6) is 0 Å². The number of aliphatic carboxylic acids is 1. The van der Waals surface area contributed by atoms with Gasteiger partial charge >= 0.3 is 12.0 Å². The first-order valence-corrected chi connectivity index (χ1v) is 6.73. The Morgan fingerprint density at radius 3 is 2.56 bits per heavy atom. The average Bonchev–Trinajstić information content (AvgIpc) is 2.70. The van der Waals surface area contributed by atoms with Gasteiger partial charge in [-0.25, -0.2) is 4.79 Å². The molecule has 0 spiro atoms. The molecule has 1 fully saturated rings. The quantitative estimate of drug-likeness (QED) is 0.791. The number of carbonyl (C=O) groups is 2. The molecule has 0 radical (unpaired) electrons. The second-order valence-corrected chi connectivity index (χ2v) is 5.34. The lowest BCUT2D eigenvalue weighted by atomic mass is 10.1. The van der Waals surface area contributed by atoms with E-state index in [1.807, 2.05) is 13.8 Å². The van der Waals surface area contributed by atoms with Crippen LogP contribution in [0.3, 0.4) is 0 Å². The van der Waals surface area contributed by atoms with Gasteiger partial charge in [-0.15, -0.1) is 0 Å². The maximum Gasteiger partial charge on any atom is 0.323 e. The predicted molar refractivity (Wildman–Crippen MR) is 69.4 cm³/mol. The van der Waals surface area contributed by atoms with Gasteiger partial charge in [-0.05, 0) is 38.5 Å². The lowest BCUT2D eigenvalue weighted by molar-refractivity contribution is -0.138. The highest BCUT2D eigenvalue weighted by Crippen LogP contribution is 2.24. The van der Waals surface area contributed by atoms with Crippen molar-refractivity contribution in [3.8, 4) is 0 Å². The summed E-state index contributed by atoms with van der Waals surface area (Å²) in [6.07, 6.45) is 3.87. The normalized spacial score (nSPS) is 24.6. The number of nitrogens with one attached hydrogen (secondary N) is 1. The number of nitrogens with zero attached hydrogens (tertiary/aromatic N) is 1. The predicted octanol–water partition coefficient (Wildman–Crippen LogP) is 2.07. The minimum atomic E-state index is -0.967. The number of carboxylic acids is 1. The van der Waals surface area contributed by atoms with E-state index in [-0.39, 0.29) is 24.7 Å². The summed E-state index contributed by atoms with van der Waals surface area (Å²) in [5.74, 6) is -0.322. The van der Waals surface area contributed by atoms with Crippen LogP contribution in [0.25, 0.3) is 0 Å². The fraction of sp³-hybridized carbons (Fsp3) is 0.846. The molecule has 0 bridgehead atoms. The van der Waals surface area contributed by atoms with Crippen molar-refractivity contribution in [2.45, 2.75) is 58.5 Å². The van der Waals surface area contributed by atoms with E-state index >= 15 is 0 Å². The molecule has 3 unspecified atom stereocenters. The van der Waals surface area contributed by atoms with Crippen LogP contribution in [0.4, 0.5) is 4.79 Å². The van der Waals surface area contributed by atoms with Crippen molar-refractivity contribution in [3.63, 3.8) is 0 Å². The molecule has 0 aromatic rings. The average molecular weight is 256 g/mol. The summed E-state index contributed by atoms with van der Waals surface area (Å²) in [6.45, 7) is 5.77. The molecule has 0 aromatic carbocycles. The van der Waals surface area contributed by atoms with Gasteiger partial charge in [0.2, 0.25) is 0 Å². The Morgan fingerprint density at radius 2 is 2.11 bits per heavy atom. The van der Waals surface area contributed by atoms with E-state index in [1.54, 1.807) is 0 Å². The van der Waals surface area contributed by atoms with E-state index in [0.717, 1.165) is 25.7 Å². The first-order chi connectivity index (χ1) is 8.43. The molecule has 18 heavy (non-hydrogen) atoms. The Bertz CT molecular complexity index is 307. The monoisotopic (exact) mass is 256 g/mol. The highest BCUT2D eigenvalue weighted by molar-refractivity contribution is 5.80. The summed E-state index contributed by atoms with van der Waals surface area (Å²) in [6, 6.07) is -0.0985. The maximum atomic E-state index is 12.1. The van der Waals surface area contributed by atoms with Gasteiger partial charge in [0.25, 0.3) is 0 Å². The second-order valence-electron chi connectivity index (χ2n) is 5.34. The number of carbonyl (C=O) groups excluding carboxylic acids is 1. The molecule has 0 saturated heterocycles. The molecule has 2 N–H and O–H groups in total. The molecule has 5 heteroatoms. The topological polar surface area (TPSA) is 69.6 Å². The van der Waals surface area contributed by atoms with Crippen LogP contribution >= 0.6 is 0 Å². The van der Waals surface area contributed by atoms with Gasteiger partial charge in [0.1, 0.15) is 6.54 Å². The van der Waals surface area contributed by atoms with Gasteiger partial charge in [0.05, 0.1) is 0 Å². The zero-order chi connectivity index (χ0) is 13.7. The van der Waals surface area contributed by atoms with Crippen molar-refractivity contribution in [2.75, 3.05) is 6.54 Å². The standard InChI is InChI=1S/C13H24N2O3/c1-4-10(3)15(8-12(16)17)13(18)14-11-6-5-9(2)7-11/h9-11H,4-8H2,1-3H3,(H,14,18)(H,16,17). The summed E-state index contributed by atoms with van der Waals surface area (Å²) in [5.41, 5.74) is 0. The maximum absolute atomic E-state index is 12.1. The van der Waals surface area contributed by atoms with Crippen molar-refractivity contribution < 1.29 is 14.7 Å². The largest absolute Gasteiger partial charge is 0.480 e. The fourth-order valence-electron chi connectivity index (χ4n) is 2.39. The number of amides is 2. The third-order valence-corrected chi connectivity index (χ3v) is 3.71. The zero-order valence-corrected chi connectivity index (χ0v) is 11.5. The number of urea groups is 1. The zero-order valence-electron chi connectivity index (χ0n) is 11.5. The second kappa shape index (κ2) is 6.61. The van der Waals surface area contributed by atoms with Crippen LogP contribution < -0.4 is 5.32 Å². The third-order valence-electron chi connectivity index (χ3n) is 3.71. The Morgan fingerprint density at radius 1 is 1.44 bits per heavy atom. The number of hydrogen-bond acceptors (Lipinski definition) is 2. The summed E-state index contributed by atoms with van der Waals surface area (Å²) in [5, 5.41) is 11.8. The van der Waals surface area contributed by atoms with Crippen LogP contribution in [0.15, 0.2) is 0 Å². The summed E-state index contributed by atoms with van der Waals surface area (Å²) < 4.78 is 0. The molecule has 1 aliphatic rings. The Balaban J connectivity index is 2.55. The SMILES string of the molecule is CCC(C)N(CC(=O)O)C(=O)NC1CCC(C)C1. The highest BCUT2D eigenvalue weighted by Gasteiger charge is 2.27. The van der Waals surface area contributed by atoms with Gasteiger partial charge in [0.15, 0.2) is 0 Å². The van der Waals surface area contributed by atoms with Crippen LogP contribution in [-0.2, 0) is 4.79 Å². The molecular formula is C13H24N2O3. The number of rotatable bonds is 5. The lowest BCUT2D eigenvalue weighted by Crippen LogP contribution is -2.49. The first kappa shape index (κ1) is 14.8. The van der Waals surface area contributed by atoms with Crippen LogP contribution in [-0.4, -0.2) is 40.6 Å². The van der Waals surface area contributed by atoms with Gasteiger partial charge in [0, 0.05) is 12.1 Å². The van der Waals surface area contributed by atoms with Gasteiger partial charge in [-0.2, -0.15) is 0 Å². The number of carboxylic acid groups (broad SMARTS) is 1. The smallest absolute Gasteiger partial charge is 0.323 e. The Kier molecular flexibility index (Phi) is 5.44. The molecule has 1 rings (SSSR count). The third kappa shape index (κ3) is 4.20. The van der Waals surface area contributed by atoms with Crippen molar-refractivity contribution in [1.29, 1.82) is 0 Å². The lowest BCUT2D eigenvalue weighted by Gasteiger charge is -2.28.